The van der Waals surface area contributed by atoms with Crippen LogP contribution in [0.1, 0.15) is 36.6 Å². The molecule has 4 nitrogen and oxygen atoms in total. The molecule has 1 aromatic carbocycles. The summed E-state index contributed by atoms with van der Waals surface area (Å²) in [6.07, 6.45) is 2.56. The zero-order valence-electron chi connectivity index (χ0n) is 11.4. The van der Waals surface area contributed by atoms with E-state index in [0.717, 1.165) is 24.1 Å². The van der Waals surface area contributed by atoms with Gasteiger partial charge in [0.2, 0.25) is 0 Å². The number of carboxylic acid groups (broad SMARTS) is 1. The molecule has 104 valence electrons. The summed E-state index contributed by atoms with van der Waals surface area (Å²) in [5.74, 6) is -0.866. The molecule has 1 N–H and O–H groups in total. The van der Waals surface area contributed by atoms with Crippen molar-refractivity contribution in [2.45, 2.75) is 38.6 Å². The molecule has 1 aliphatic rings. The van der Waals surface area contributed by atoms with Crippen molar-refractivity contribution in [1.82, 2.24) is 4.57 Å². The fraction of sp³-hybridized carbons (Fsp3) is 0.375. The van der Waals surface area contributed by atoms with Gasteiger partial charge in [0.1, 0.15) is 0 Å². The highest BCUT2D eigenvalue weighted by molar-refractivity contribution is 5.80. The third-order valence-corrected chi connectivity index (χ3v) is 3.98. The number of para-hydroxylation sites is 1. The Morgan fingerprint density at radius 2 is 2.05 bits per heavy atom. The Balaban J connectivity index is 2.24. The van der Waals surface area contributed by atoms with E-state index in [4.69, 9.17) is 5.11 Å². The van der Waals surface area contributed by atoms with E-state index in [9.17, 15) is 9.59 Å². The fourth-order valence-electron chi connectivity index (χ4n) is 2.86. The minimum atomic E-state index is -0.866. The van der Waals surface area contributed by atoms with Crippen LogP contribution in [0.15, 0.2) is 29.1 Å². The van der Waals surface area contributed by atoms with Crippen LogP contribution >= 0.6 is 0 Å². The summed E-state index contributed by atoms with van der Waals surface area (Å²) in [5, 5.41) is 9.55. The number of carboxylic acids is 1. The standard InChI is InChI=1S/C16H17NO3/c1-10-12(8-9-15(18)19)16(20)13-4-2-3-5-14(13)17(10)11-6-7-11/h2-5,11H,6-9H2,1H3,(H,18,19). The molecule has 2 aromatic rings. The molecule has 1 fully saturated rings. The van der Waals surface area contributed by atoms with Gasteiger partial charge in [-0.1, -0.05) is 12.1 Å². The molecule has 0 saturated heterocycles. The molecular formula is C16H17NO3. The Bertz CT molecular complexity index is 741. The SMILES string of the molecule is Cc1c(CCC(=O)O)c(=O)c2ccccc2n1C1CC1. The van der Waals surface area contributed by atoms with Gasteiger partial charge in [-0.15, -0.1) is 0 Å². The average molecular weight is 271 g/mol. The van der Waals surface area contributed by atoms with Crippen molar-refractivity contribution in [1.29, 1.82) is 0 Å². The van der Waals surface area contributed by atoms with E-state index in [-0.39, 0.29) is 11.8 Å². The molecule has 0 spiro atoms. The quantitative estimate of drug-likeness (QED) is 0.930. The maximum absolute atomic E-state index is 12.6. The van der Waals surface area contributed by atoms with Crippen LogP contribution in [0.3, 0.4) is 0 Å². The molecule has 0 unspecified atom stereocenters. The maximum Gasteiger partial charge on any atom is 0.303 e. The summed E-state index contributed by atoms with van der Waals surface area (Å²) in [6, 6.07) is 8.07. The van der Waals surface area contributed by atoms with E-state index in [2.05, 4.69) is 4.57 Å². The molecule has 0 aliphatic heterocycles. The molecule has 1 aromatic heterocycles. The Labute approximate surface area is 116 Å². The first kappa shape index (κ1) is 12.9. The van der Waals surface area contributed by atoms with Gasteiger partial charge in [-0.2, -0.15) is 0 Å². The van der Waals surface area contributed by atoms with E-state index in [1.807, 2.05) is 31.2 Å². The average Bonchev–Trinajstić information content (AvgIpc) is 3.23. The predicted molar refractivity (Wildman–Crippen MR) is 77.2 cm³/mol. The summed E-state index contributed by atoms with van der Waals surface area (Å²) >= 11 is 0. The Kier molecular flexibility index (Phi) is 3.08. The van der Waals surface area contributed by atoms with Crippen molar-refractivity contribution >= 4 is 16.9 Å². The number of pyridine rings is 1. The number of nitrogens with zero attached hydrogens (tertiary/aromatic N) is 1. The molecule has 20 heavy (non-hydrogen) atoms. The van der Waals surface area contributed by atoms with Gasteiger partial charge < -0.3 is 9.67 Å². The second-order valence-electron chi connectivity index (χ2n) is 5.41. The first-order valence-corrected chi connectivity index (χ1v) is 6.94. The number of rotatable bonds is 4. The predicted octanol–water partition coefficient (Wildman–Crippen LogP) is 2.66. The van der Waals surface area contributed by atoms with Gasteiger partial charge in [-0.3, -0.25) is 9.59 Å². The lowest BCUT2D eigenvalue weighted by molar-refractivity contribution is -0.136. The van der Waals surface area contributed by atoms with Crippen LogP contribution < -0.4 is 5.43 Å². The van der Waals surface area contributed by atoms with Gasteiger partial charge >= 0.3 is 5.97 Å². The van der Waals surface area contributed by atoms with Gasteiger partial charge in [-0.25, -0.2) is 0 Å². The van der Waals surface area contributed by atoms with E-state index >= 15 is 0 Å². The van der Waals surface area contributed by atoms with E-state index in [1.165, 1.54) is 0 Å². The number of hydrogen-bond donors (Lipinski definition) is 1. The third kappa shape index (κ3) is 2.11. The smallest absolute Gasteiger partial charge is 0.303 e. The lowest BCUT2D eigenvalue weighted by atomic mass is 10.0. The monoisotopic (exact) mass is 271 g/mol. The maximum atomic E-state index is 12.6. The number of carbonyl (C=O) groups is 1. The van der Waals surface area contributed by atoms with E-state index in [0.29, 0.717) is 23.4 Å². The fourth-order valence-corrected chi connectivity index (χ4v) is 2.86. The van der Waals surface area contributed by atoms with Crippen molar-refractivity contribution in [2.75, 3.05) is 0 Å². The normalized spacial score (nSPS) is 14.7. The van der Waals surface area contributed by atoms with Crippen LogP contribution in [0.25, 0.3) is 10.9 Å². The summed E-state index contributed by atoms with van der Waals surface area (Å²) in [7, 11) is 0. The highest BCUT2D eigenvalue weighted by Gasteiger charge is 2.27. The molecular weight excluding hydrogens is 254 g/mol. The van der Waals surface area contributed by atoms with E-state index in [1.54, 1.807) is 0 Å². The van der Waals surface area contributed by atoms with Crippen LogP contribution in [0.5, 0.6) is 0 Å². The van der Waals surface area contributed by atoms with Crippen LogP contribution in [0.4, 0.5) is 0 Å². The molecule has 0 atom stereocenters. The van der Waals surface area contributed by atoms with Crippen molar-refractivity contribution in [3.8, 4) is 0 Å². The van der Waals surface area contributed by atoms with E-state index < -0.39 is 5.97 Å². The van der Waals surface area contributed by atoms with Crippen molar-refractivity contribution in [2.24, 2.45) is 0 Å². The molecule has 1 saturated carbocycles. The summed E-state index contributed by atoms with van der Waals surface area (Å²) in [6.45, 7) is 1.93. The number of benzene rings is 1. The van der Waals surface area contributed by atoms with Crippen molar-refractivity contribution < 1.29 is 9.90 Å². The second kappa shape index (κ2) is 4.78. The van der Waals surface area contributed by atoms with Gasteiger partial charge in [0.15, 0.2) is 5.43 Å². The lowest BCUT2D eigenvalue weighted by Crippen LogP contribution is -2.19. The minimum absolute atomic E-state index is 0.000906. The first-order chi connectivity index (χ1) is 9.59. The molecule has 4 heteroatoms. The molecule has 0 bridgehead atoms. The Morgan fingerprint density at radius 3 is 2.70 bits per heavy atom. The summed E-state index contributed by atoms with van der Waals surface area (Å²) < 4.78 is 2.22. The van der Waals surface area contributed by atoms with Crippen LogP contribution in [-0.2, 0) is 11.2 Å². The second-order valence-corrected chi connectivity index (χ2v) is 5.41. The lowest BCUT2D eigenvalue weighted by Gasteiger charge is -2.17. The van der Waals surface area contributed by atoms with Crippen molar-refractivity contribution in [3.63, 3.8) is 0 Å². The number of fused-ring (bicyclic) bond motifs is 1. The number of aliphatic carboxylic acids is 1. The number of hydrogen-bond acceptors (Lipinski definition) is 2. The van der Waals surface area contributed by atoms with Crippen molar-refractivity contribution in [3.05, 3.63) is 45.7 Å². The molecule has 1 aliphatic carbocycles. The topological polar surface area (TPSA) is 59.3 Å². The largest absolute Gasteiger partial charge is 0.481 e. The van der Waals surface area contributed by atoms with Crippen LogP contribution in [0.2, 0.25) is 0 Å². The number of aromatic nitrogens is 1. The minimum Gasteiger partial charge on any atom is -0.481 e. The van der Waals surface area contributed by atoms with Crippen LogP contribution in [-0.4, -0.2) is 15.6 Å². The molecule has 1 heterocycles. The highest BCUT2D eigenvalue weighted by atomic mass is 16.4. The van der Waals surface area contributed by atoms with Gasteiger partial charge in [-0.05, 0) is 38.3 Å². The van der Waals surface area contributed by atoms with Crippen LogP contribution in [0, 0.1) is 6.92 Å². The first-order valence-electron chi connectivity index (χ1n) is 6.94. The Morgan fingerprint density at radius 1 is 1.35 bits per heavy atom. The highest BCUT2D eigenvalue weighted by Crippen LogP contribution is 2.38. The zero-order chi connectivity index (χ0) is 14.3. The van der Waals surface area contributed by atoms with Gasteiger partial charge in [0, 0.05) is 29.1 Å². The Hall–Kier alpha value is -2.10. The van der Waals surface area contributed by atoms with Gasteiger partial charge in [0.05, 0.1) is 5.52 Å². The third-order valence-electron chi connectivity index (χ3n) is 3.98. The summed E-state index contributed by atoms with van der Waals surface area (Å²) in [5.41, 5.74) is 2.53. The van der Waals surface area contributed by atoms with Gasteiger partial charge in [0.25, 0.3) is 0 Å². The molecule has 3 rings (SSSR count). The molecule has 0 amide bonds. The zero-order valence-corrected chi connectivity index (χ0v) is 11.4. The summed E-state index contributed by atoms with van der Waals surface area (Å²) in [4.78, 5) is 23.3. The molecule has 0 radical (unpaired) electrons.